The second-order valence-corrected chi connectivity index (χ2v) is 5.90. The first-order chi connectivity index (χ1) is 11.7. The van der Waals surface area contributed by atoms with E-state index in [1.165, 1.54) is 37.5 Å². The number of ether oxygens (including phenoxy) is 1. The quantitative estimate of drug-likeness (QED) is 0.919. The van der Waals surface area contributed by atoms with Gasteiger partial charge in [-0.2, -0.15) is 0 Å². The van der Waals surface area contributed by atoms with Gasteiger partial charge in [-0.15, -0.1) is 0 Å². The Labute approximate surface area is 141 Å². The predicted molar refractivity (Wildman–Crippen MR) is 93.4 cm³/mol. The molecule has 5 heteroatoms. The van der Waals surface area contributed by atoms with Crippen molar-refractivity contribution in [3.8, 4) is 5.75 Å². The molecule has 2 aromatic carbocycles. The lowest BCUT2D eigenvalue weighted by molar-refractivity contribution is 0.102. The molecule has 0 aromatic heterocycles. The first-order valence-corrected chi connectivity index (χ1v) is 8.17. The van der Waals surface area contributed by atoms with Crippen LogP contribution in [-0.4, -0.2) is 26.1 Å². The van der Waals surface area contributed by atoms with E-state index in [2.05, 4.69) is 10.2 Å². The number of carbonyl (C=O) groups excluding carboxylic acids is 1. The van der Waals surface area contributed by atoms with Crippen molar-refractivity contribution in [3.63, 3.8) is 0 Å². The fourth-order valence-electron chi connectivity index (χ4n) is 2.97. The van der Waals surface area contributed by atoms with Crippen molar-refractivity contribution in [2.75, 3.05) is 30.4 Å². The van der Waals surface area contributed by atoms with Crippen molar-refractivity contribution in [1.29, 1.82) is 0 Å². The molecular formula is C19H21FN2O2. The van der Waals surface area contributed by atoms with Gasteiger partial charge in [-0.05, 0) is 55.7 Å². The zero-order chi connectivity index (χ0) is 16.9. The van der Waals surface area contributed by atoms with Gasteiger partial charge in [0.25, 0.3) is 5.91 Å². The topological polar surface area (TPSA) is 41.6 Å². The van der Waals surface area contributed by atoms with Crippen molar-refractivity contribution in [1.82, 2.24) is 0 Å². The molecule has 0 bridgehead atoms. The number of halogens is 1. The molecule has 0 unspecified atom stereocenters. The number of rotatable bonds is 4. The van der Waals surface area contributed by atoms with Crippen LogP contribution >= 0.6 is 0 Å². The minimum Gasteiger partial charge on any atom is -0.495 e. The molecule has 2 aromatic rings. The van der Waals surface area contributed by atoms with E-state index in [0.29, 0.717) is 11.4 Å². The smallest absolute Gasteiger partial charge is 0.255 e. The second kappa shape index (κ2) is 7.34. The molecule has 24 heavy (non-hydrogen) atoms. The fourth-order valence-corrected chi connectivity index (χ4v) is 2.97. The van der Waals surface area contributed by atoms with Crippen molar-refractivity contribution < 1.29 is 13.9 Å². The molecule has 1 N–H and O–H groups in total. The summed E-state index contributed by atoms with van der Waals surface area (Å²) >= 11 is 0. The maximum Gasteiger partial charge on any atom is 0.255 e. The van der Waals surface area contributed by atoms with Crippen LogP contribution in [0.4, 0.5) is 15.8 Å². The normalized spacial score (nSPS) is 14.3. The molecule has 0 spiro atoms. The Morgan fingerprint density at radius 1 is 1.12 bits per heavy atom. The van der Waals surface area contributed by atoms with Crippen LogP contribution in [0.3, 0.4) is 0 Å². The second-order valence-electron chi connectivity index (χ2n) is 5.90. The lowest BCUT2D eigenvalue weighted by Gasteiger charge is -2.29. The van der Waals surface area contributed by atoms with Gasteiger partial charge in [-0.25, -0.2) is 4.39 Å². The number of methoxy groups -OCH3 is 1. The Morgan fingerprint density at radius 2 is 1.92 bits per heavy atom. The van der Waals surface area contributed by atoms with Crippen molar-refractivity contribution in [3.05, 3.63) is 53.8 Å². The summed E-state index contributed by atoms with van der Waals surface area (Å²) in [6, 6.07) is 11.4. The van der Waals surface area contributed by atoms with E-state index >= 15 is 0 Å². The molecule has 0 aliphatic carbocycles. The Bertz CT molecular complexity index is 727. The maximum atomic E-state index is 13.3. The SMILES string of the molecule is COc1ccc(N2CCCCC2)cc1NC(=O)c1cccc(F)c1. The Morgan fingerprint density at radius 3 is 2.62 bits per heavy atom. The maximum absolute atomic E-state index is 13.3. The van der Waals surface area contributed by atoms with Gasteiger partial charge < -0.3 is 15.0 Å². The van der Waals surface area contributed by atoms with Crippen molar-refractivity contribution in [2.45, 2.75) is 19.3 Å². The lowest BCUT2D eigenvalue weighted by Crippen LogP contribution is -2.29. The molecule has 1 amide bonds. The van der Waals surface area contributed by atoms with E-state index in [1.54, 1.807) is 13.2 Å². The summed E-state index contributed by atoms with van der Waals surface area (Å²) in [7, 11) is 1.56. The molecule has 3 rings (SSSR count). The van der Waals surface area contributed by atoms with Gasteiger partial charge in [0, 0.05) is 24.3 Å². The standard InChI is InChI=1S/C19H21FN2O2/c1-24-18-9-8-16(22-10-3-2-4-11-22)13-17(18)21-19(23)14-6-5-7-15(20)12-14/h5-9,12-13H,2-4,10-11H2,1H3,(H,21,23). The van der Waals surface area contributed by atoms with Gasteiger partial charge in [0.2, 0.25) is 0 Å². The van der Waals surface area contributed by atoms with E-state index in [0.717, 1.165) is 18.8 Å². The molecule has 126 valence electrons. The van der Waals surface area contributed by atoms with Crippen LogP contribution in [0.1, 0.15) is 29.6 Å². The van der Waals surface area contributed by atoms with Gasteiger partial charge >= 0.3 is 0 Å². The van der Waals surface area contributed by atoms with Gasteiger partial charge in [0.05, 0.1) is 12.8 Å². The molecule has 1 saturated heterocycles. The molecule has 1 fully saturated rings. The summed E-state index contributed by atoms with van der Waals surface area (Å²) in [6.45, 7) is 2.03. The zero-order valence-electron chi connectivity index (χ0n) is 13.7. The largest absolute Gasteiger partial charge is 0.495 e. The van der Waals surface area contributed by atoms with E-state index < -0.39 is 5.82 Å². The monoisotopic (exact) mass is 328 g/mol. The third-order valence-electron chi connectivity index (χ3n) is 4.24. The minimum absolute atomic E-state index is 0.278. The summed E-state index contributed by atoms with van der Waals surface area (Å²) in [4.78, 5) is 14.7. The molecule has 1 heterocycles. The molecular weight excluding hydrogens is 307 g/mol. The number of hydrogen-bond donors (Lipinski definition) is 1. The number of nitrogens with one attached hydrogen (secondary N) is 1. The van der Waals surface area contributed by atoms with Crippen LogP contribution in [-0.2, 0) is 0 Å². The number of nitrogens with zero attached hydrogens (tertiary/aromatic N) is 1. The van der Waals surface area contributed by atoms with E-state index in [1.807, 2.05) is 18.2 Å². The Balaban J connectivity index is 1.83. The summed E-state index contributed by atoms with van der Waals surface area (Å²) in [5.74, 6) is -0.208. The highest BCUT2D eigenvalue weighted by Gasteiger charge is 2.15. The van der Waals surface area contributed by atoms with Crippen LogP contribution in [0.25, 0.3) is 0 Å². The minimum atomic E-state index is -0.434. The molecule has 0 radical (unpaired) electrons. The Kier molecular flexibility index (Phi) is 4.99. The van der Waals surface area contributed by atoms with Crippen LogP contribution < -0.4 is 15.0 Å². The highest BCUT2D eigenvalue weighted by atomic mass is 19.1. The van der Waals surface area contributed by atoms with Crippen LogP contribution in [0.2, 0.25) is 0 Å². The predicted octanol–water partition coefficient (Wildman–Crippen LogP) is 4.08. The highest BCUT2D eigenvalue weighted by molar-refractivity contribution is 6.05. The van der Waals surface area contributed by atoms with Crippen molar-refractivity contribution >= 4 is 17.3 Å². The van der Waals surface area contributed by atoms with Gasteiger partial charge in [-0.3, -0.25) is 4.79 Å². The first kappa shape index (κ1) is 16.3. The molecule has 4 nitrogen and oxygen atoms in total. The van der Waals surface area contributed by atoms with E-state index in [9.17, 15) is 9.18 Å². The zero-order valence-corrected chi connectivity index (χ0v) is 13.7. The Hall–Kier alpha value is -2.56. The van der Waals surface area contributed by atoms with Gasteiger partial charge in [0.15, 0.2) is 0 Å². The highest BCUT2D eigenvalue weighted by Crippen LogP contribution is 2.31. The first-order valence-electron chi connectivity index (χ1n) is 8.17. The van der Waals surface area contributed by atoms with Crippen molar-refractivity contribution in [2.24, 2.45) is 0 Å². The number of hydrogen-bond acceptors (Lipinski definition) is 3. The summed E-state index contributed by atoms with van der Waals surface area (Å²) in [5, 5.41) is 2.83. The molecule has 1 aliphatic rings. The van der Waals surface area contributed by atoms with E-state index in [4.69, 9.17) is 4.74 Å². The lowest BCUT2D eigenvalue weighted by atomic mass is 10.1. The van der Waals surface area contributed by atoms with Crippen LogP contribution in [0, 0.1) is 5.82 Å². The van der Waals surface area contributed by atoms with Crippen LogP contribution in [0.5, 0.6) is 5.75 Å². The number of carbonyl (C=O) groups is 1. The average molecular weight is 328 g/mol. The third kappa shape index (κ3) is 3.67. The molecule has 0 atom stereocenters. The number of piperidine rings is 1. The third-order valence-corrected chi connectivity index (χ3v) is 4.24. The number of amides is 1. The molecule has 1 aliphatic heterocycles. The number of anilines is 2. The van der Waals surface area contributed by atoms with Crippen LogP contribution in [0.15, 0.2) is 42.5 Å². The fraction of sp³-hybridized carbons (Fsp3) is 0.316. The summed E-state index contributed by atoms with van der Waals surface area (Å²) in [5.41, 5.74) is 1.93. The van der Waals surface area contributed by atoms with Gasteiger partial charge in [0.1, 0.15) is 11.6 Å². The summed E-state index contributed by atoms with van der Waals surface area (Å²) < 4.78 is 18.6. The summed E-state index contributed by atoms with van der Waals surface area (Å²) in [6.07, 6.45) is 3.61. The average Bonchev–Trinajstić information content (AvgIpc) is 2.62. The number of benzene rings is 2. The molecule has 0 saturated carbocycles. The van der Waals surface area contributed by atoms with E-state index in [-0.39, 0.29) is 11.5 Å². The van der Waals surface area contributed by atoms with Gasteiger partial charge in [-0.1, -0.05) is 6.07 Å².